The second kappa shape index (κ2) is 7.36. The molecule has 0 saturated heterocycles. The molecular weight excluding hydrogens is 383 g/mol. The second-order valence-electron chi connectivity index (χ2n) is 5.55. The van der Waals surface area contributed by atoms with E-state index in [1.54, 1.807) is 22.9 Å². The van der Waals surface area contributed by atoms with E-state index < -0.39 is 17.6 Å². The molecule has 0 unspecified atom stereocenters. The van der Waals surface area contributed by atoms with Crippen molar-refractivity contribution >= 4 is 23.2 Å². The zero-order valence-electron chi connectivity index (χ0n) is 14.0. The molecule has 1 N–H and O–H groups in total. The van der Waals surface area contributed by atoms with E-state index in [4.69, 9.17) is 11.6 Å². The maximum absolute atomic E-state index is 12.9. The quantitative estimate of drug-likeness (QED) is 0.715. The van der Waals surface area contributed by atoms with Crippen LogP contribution in [-0.2, 0) is 12.7 Å². The molecule has 6 nitrogen and oxygen atoms in total. The Morgan fingerprint density at radius 2 is 2.00 bits per heavy atom. The number of benzene rings is 2. The van der Waals surface area contributed by atoms with Crippen LogP contribution in [0.25, 0.3) is 11.4 Å². The average Bonchev–Trinajstić information content (AvgIpc) is 3.11. The first-order chi connectivity index (χ1) is 12.8. The molecule has 2 aromatic carbocycles. The number of alkyl halides is 3. The number of aryl methyl sites for hydroxylation is 1. The predicted octanol–water partition coefficient (Wildman–Crippen LogP) is 4.28. The molecule has 0 bridgehead atoms. The van der Waals surface area contributed by atoms with Crippen LogP contribution in [0.3, 0.4) is 0 Å². The molecule has 0 aliphatic rings. The highest BCUT2D eigenvalue weighted by Crippen LogP contribution is 2.34. The SMILES string of the molecule is CCn1nnnc1-c1cccc(C(=O)Nc2cc(C(F)(F)F)ccc2Cl)c1. The molecule has 0 atom stereocenters. The summed E-state index contributed by atoms with van der Waals surface area (Å²) in [5.41, 5.74) is -0.199. The van der Waals surface area contributed by atoms with Gasteiger partial charge in [0.2, 0.25) is 0 Å². The Balaban J connectivity index is 1.89. The number of tetrazole rings is 1. The van der Waals surface area contributed by atoms with E-state index in [0.29, 0.717) is 17.9 Å². The lowest BCUT2D eigenvalue weighted by atomic mass is 10.1. The van der Waals surface area contributed by atoms with Crippen LogP contribution in [0.1, 0.15) is 22.8 Å². The maximum atomic E-state index is 12.9. The second-order valence-corrected chi connectivity index (χ2v) is 5.95. The number of aromatic nitrogens is 4. The smallest absolute Gasteiger partial charge is 0.321 e. The van der Waals surface area contributed by atoms with Crippen molar-refractivity contribution in [1.82, 2.24) is 20.2 Å². The molecule has 0 fully saturated rings. The minimum absolute atomic E-state index is 0.00225. The summed E-state index contributed by atoms with van der Waals surface area (Å²) >= 11 is 5.92. The standard InChI is InChI=1S/C17H13ClF3N5O/c1-2-26-15(23-24-25-26)10-4-3-5-11(8-10)16(27)22-14-9-12(17(19,20)21)6-7-13(14)18/h3-9H,2H2,1H3,(H,22,27). The van der Waals surface area contributed by atoms with Gasteiger partial charge in [-0.25, -0.2) is 4.68 Å². The highest BCUT2D eigenvalue weighted by Gasteiger charge is 2.31. The third-order valence-electron chi connectivity index (χ3n) is 3.76. The minimum Gasteiger partial charge on any atom is -0.321 e. The number of carbonyl (C=O) groups is 1. The van der Waals surface area contributed by atoms with E-state index in [1.165, 1.54) is 6.07 Å². The van der Waals surface area contributed by atoms with Gasteiger partial charge in [-0.3, -0.25) is 4.79 Å². The van der Waals surface area contributed by atoms with Crippen molar-refractivity contribution in [3.8, 4) is 11.4 Å². The molecular formula is C17H13ClF3N5O. The van der Waals surface area contributed by atoms with Crippen molar-refractivity contribution in [3.63, 3.8) is 0 Å². The van der Waals surface area contributed by atoms with Crippen LogP contribution in [0.4, 0.5) is 18.9 Å². The molecule has 140 valence electrons. The third-order valence-corrected chi connectivity index (χ3v) is 4.09. The van der Waals surface area contributed by atoms with E-state index in [2.05, 4.69) is 20.8 Å². The zero-order chi connectivity index (χ0) is 19.6. The molecule has 0 aliphatic carbocycles. The van der Waals surface area contributed by atoms with E-state index >= 15 is 0 Å². The largest absolute Gasteiger partial charge is 0.416 e. The van der Waals surface area contributed by atoms with Gasteiger partial charge in [0, 0.05) is 17.7 Å². The monoisotopic (exact) mass is 395 g/mol. The Labute approximate surface area is 157 Å². The highest BCUT2D eigenvalue weighted by atomic mass is 35.5. The van der Waals surface area contributed by atoms with Gasteiger partial charge < -0.3 is 5.32 Å². The van der Waals surface area contributed by atoms with Gasteiger partial charge in [0.05, 0.1) is 16.3 Å². The summed E-state index contributed by atoms with van der Waals surface area (Å²) in [6.07, 6.45) is -4.54. The van der Waals surface area contributed by atoms with Crippen LogP contribution in [0.5, 0.6) is 0 Å². The Kier molecular flexibility index (Phi) is 5.13. The molecule has 0 radical (unpaired) electrons. The summed E-state index contributed by atoms with van der Waals surface area (Å²) in [7, 11) is 0. The van der Waals surface area contributed by atoms with E-state index in [9.17, 15) is 18.0 Å². The van der Waals surface area contributed by atoms with Crippen molar-refractivity contribution in [2.45, 2.75) is 19.6 Å². The molecule has 3 aromatic rings. The number of hydrogen-bond donors (Lipinski definition) is 1. The summed E-state index contributed by atoms with van der Waals surface area (Å²) in [5, 5.41) is 13.8. The fourth-order valence-electron chi connectivity index (χ4n) is 2.42. The number of nitrogens with zero attached hydrogens (tertiary/aromatic N) is 4. The lowest BCUT2D eigenvalue weighted by Gasteiger charge is -2.12. The molecule has 27 heavy (non-hydrogen) atoms. The van der Waals surface area contributed by atoms with Crippen LogP contribution in [-0.4, -0.2) is 26.1 Å². The number of nitrogens with one attached hydrogen (secondary N) is 1. The fourth-order valence-corrected chi connectivity index (χ4v) is 2.58. The van der Waals surface area contributed by atoms with Crippen LogP contribution in [0.15, 0.2) is 42.5 Å². The molecule has 0 spiro atoms. The van der Waals surface area contributed by atoms with Crippen molar-refractivity contribution in [2.24, 2.45) is 0 Å². The van der Waals surface area contributed by atoms with Gasteiger partial charge in [0.1, 0.15) is 0 Å². The maximum Gasteiger partial charge on any atom is 0.416 e. The Morgan fingerprint density at radius 1 is 1.22 bits per heavy atom. The topological polar surface area (TPSA) is 72.7 Å². The molecule has 3 rings (SSSR count). The van der Waals surface area contributed by atoms with Crippen molar-refractivity contribution in [3.05, 3.63) is 58.6 Å². The van der Waals surface area contributed by atoms with Gasteiger partial charge in [0.25, 0.3) is 5.91 Å². The number of hydrogen-bond acceptors (Lipinski definition) is 4. The summed E-state index contributed by atoms with van der Waals surface area (Å²) in [4.78, 5) is 12.5. The zero-order valence-corrected chi connectivity index (χ0v) is 14.7. The van der Waals surface area contributed by atoms with Crippen molar-refractivity contribution in [1.29, 1.82) is 0 Å². The molecule has 1 amide bonds. The third kappa shape index (κ3) is 4.08. The first-order valence-electron chi connectivity index (χ1n) is 7.84. The number of rotatable bonds is 4. The van der Waals surface area contributed by atoms with Gasteiger partial charge in [-0.15, -0.1) is 5.10 Å². The predicted molar refractivity (Wildman–Crippen MR) is 93.3 cm³/mol. The van der Waals surface area contributed by atoms with Gasteiger partial charge in [-0.1, -0.05) is 23.7 Å². The number of anilines is 1. The average molecular weight is 396 g/mol. The lowest BCUT2D eigenvalue weighted by Crippen LogP contribution is -2.14. The number of halogens is 4. The first-order valence-corrected chi connectivity index (χ1v) is 8.22. The Morgan fingerprint density at radius 3 is 2.70 bits per heavy atom. The first kappa shape index (κ1) is 18.8. The van der Waals surface area contributed by atoms with E-state index in [1.807, 2.05) is 6.92 Å². The number of amides is 1. The van der Waals surface area contributed by atoms with Gasteiger partial charge in [-0.2, -0.15) is 13.2 Å². The summed E-state index contributed by atoms with van der Waals surface area (Å²) in [5.74, 6) is -0.127. The minimum atomic E-state index is -4.54. The lowest BCUT2D eigenvalue weighted by molar-refractivity contribution is -0.137. The summed E-state index contributed by atoms with van der Waals surface area (Å²) in [6, 6.07) is 9.17. The van der Waals surface area contributed by atoms with E-state index in [0.717, 1.165) is 18.2 Å². The highest BCUT2D eigenvalue weighted by molar-refractivity contribution is 6.34. The van der Waals surface area contributed by atoms with Crippen molar-refractivity contribution < 1.29 is 18.0 Å². The van der Waals surface area contributed by atoms with Gasteiger partial charge in [-0.05, 0) is 47.7 Å². The molecule has 0 aliphatic heterocycles. The molecule has 10 heteroatoms. The van der Waals surface area contributed by atoms with Crippen LogP contribution < -0.4 is 5.32 Å². The summed E-state index contributed by atoms with van der Waals surface area (Å²) in [6.45, 7) is 2.41. The Bertz CT molecular complexity index is 987. The molecule has 1 aromatic heterocycles. The molecule has 0 saturated carbocycles. The molecule has 1 heterocycles. The fraction of sp³-hybridized carbons (Fsp3) is 0.176. The van der Waals surface area contributed by atoms with Crippen molar-refractivity contribution in [2.75, 3.05) is 5.32 Å². The summed E-state index contributed by atoms with van der Waals surface area (Å²) < 4.78 is 40.1. The van der Waals surface area contributed by atoms with Crippen LogP contribution in [0, 0.1) is 0 Å². The van der Waals surface area contributed by atoms with Gasteiger partial charge in [0.15, 0.2) is 5.82 Å². The van der Waals surface area contributed by atoms with E-state index in [-0.39, 0.29) is 16.3 Å². The Hall–Kier alpha value is -2.94. The normalized spacial score (nSPS) is 11.4. The van der Waals surface area contributed by atoms with Crippen LogP contribution >= 0.6 is 11.6 Å². The van der Waals surface area contributed by atoms with Gasteiger partial charge >= 0.3 is 6.18 Å². The number of carbonyl (C=O) groups excluding carboxylic acids is 1. The van der Waals surface area contributed by atoms with Crippen LogP contribution in [0.2, 0.25) is 5.02 Å².